The summed E-state index contributed by atoms with van der Waals surface area (Å²) < 4.78 is 1.13. The van der Waals surface area contributed by atoms with Crippen LogP contribution in [0.5, 0.6) is 0 Å². The Bertz CT molecular complexity index is 339. The highest BCUT2D eigenvalue weighted by Crippen LogP contribution is 2.08. The number of nitrogens with one attached hydrogen (secondary N) is 1. The Hall–Kier alpha value is -0.290. The van der Waals surface area contributed by atoms with Gasteiger partial charge in [0.2, 0.25) is 0 Å². The molecule has 0 saturated heterocycles. The number of halogens is 2. The van der Waals surface area contributed by atoms with Crippen molar-refractivity contribution in [1.29, 1.82) is 0 Å². The van der Waals surface area contributed by atoms with E-state index in [0.29, 0.717) is 11.4 Å². The summed E-state index contributed by atoms with van der Waals surface area (Å²) >= 11 is 7.89. The maximum Gasteiger partial charge on any atom is 0.251 e. The number of hydrogen-bond donors (Lipinski definition) is 1. The van der Waals surface area contributed by atoms with Gasteiger partial charge in [0.05, 0.1) is 0 Å². The minimum Gasteiger partial charge on any atom is -0.349 e. The fourth-order valence-electron chi connectivity index (χ4n) is 1.38. The van der Waals surface area contributed by atoms with Crippen molar-refractivity contribution in [3.05, 3.63) is 33.4 Å². The van der Waals surface area contributed by atoms with Gasteiger partial charge in [-0.1, -0.05) is 6.92 Å². The summed E-state index contributed by atoms with van der Waals surface area (Å²) in [7, 11) is 0. The summed E-state index contributed by atoms with van der Waals surface area (Å²) in [5, 5.41) is 2.98. The summed E-state index contributed by atoms with van der Waals surface area (Å²) in [6, 6.07) is 7.70. The molecule has 4 heteroatoms. The number of rotatable bonds is 5. The van der Waals surface area contributed by atoms with Crippen molar-refractivity contribution in [1.82, 2.24) is 5.32 Å². The van der Waals surface area contributed by atoms with Gasteiger partial charge >= 0.3 is 0 Å². The van der Waals surface area contributed by atoms with Crippen molar-refractivity contribution in [3.63, 3.8) is 0 Å². The summed E-state index contributed by atoms with van der Waals surface area (Å²) in [4.78, 5) is 11.8. The van der Waals surface area contributed by atoms with Crippen LogP contribution in [0.1, 0.15) is 30.1 Å². The van der Waals surface area contributed by atoms with Gasteiger partial charge in [0, 0.05) is 21.1 Å². The van der Waals surface area contributed by atoms with Crippen molar-refractivity contribution >= 4 is 40.1 Å². The fraction of sp³-hybridized carbons (Fsp3) is 0.417. The van der Waals surface area contributed by atoms with Crippen LogP contribution < -0.4 is 5.32 Å². The molecule has 1 aromatic carbocycles. The molecule has 0 radical (unpaired) electrons. The SMILES string of the molecule is CCC(CCCl)NC(=O)c1ccc(I)cc1. The minimum absolute atomic E-state index is 0.0200. The first-order valence-corrected chi connectivity index (χ1v) is 6.91. The molecule has 0 bridgehead atoms. The number of benzene rings is 1. The predicted octanol–water partition coefficient (Wildman–Crippen LogP) is 3.43. The number of alkyl halides is 1. The number of amides is 1. The van der Waals surface area contributed by atoms with E-state index in [1.165, 1.54) is 0 Å². The van der Waals surface area contributed by atoms with Crippen molar-refractivity contribution in [2.75, 3.05) is 5.88 Å². The average molecular weight is 352 g/mol. The average Bonchev–Trinajstić information content (AvgIpc) is 2.29. The van der Waals surface area contributed by atoms with Crippen molar-refractivity contribution < 1.29 is 4.79 Å². The van der Waals surface area contributed by atoms with Crippen LogP contribution in [0.25, 0.3) is 0 Å². The maximum absolute atomic E-state index is 11.8. The highest BCUT2D eigenvalue weighted by atomic mass is 127. The number of hydrogen-bond acceptors (Lipinski definition) is 1. The van der Waals surface area contributed by atoms with E-state index >= 15 is 0 Å². The number of carbonyl (C=O) groups is 1. The Kier molecular flexibility index (Phi) is 6.13. The third-order valence-corrected chi connectivity index (χ3v) is 3.33. The van der Waals surface area contributed by atoms with Crippen LogP contribution in [0.2, 0.25) is 0 Å². The Balaban J connectivity index is 2.60. The Morgan fingerprint density at radius 3 is 2.56 bits per heavy atom. The van der Waals surface area contributed by atoms with E-state index in [0.717, 1.165) is 16.4 Å². The first-order valence-electron chi connectivity index (χ1n) is 5.29. The van der Waals surface area contributed by atoms with Crippen LogP contribution in [0.15, 0.2) is 24.3 Å². The molecule has 1 atom stereocenters. The Morgan fingerprint density at radius 2 is 2.06 bits per heavy atom. The molecular weight excluding hydrogens is 336 g/mol. The third kappa shape index (κ3) is 4.29. The molecule has 0 aromatic heterocycles. The van der Waals surface area contributed by atoms with Crippen molar-refractivity contribution in [2.24, 2.45) is 0 Å². The first-order chi connectivity index (χ1) is 7.67. The zero-order valence-electron chi connectivity index (χ0n) is 9.17. The Morgan fingerprint density at radius 1 is 1.44 bits per heavy atom. The van der Waals surface area contributed by atoms with Crippen LogP contribution >= 0.6 is 34.2 Å². The predicted molar refractivity (Wildman–Crippen MR) is 76.0 cm³/mol. The van der Waals surface area contributed by atoms with Gasteiger partial charge in [0.15, 0.2) is 0 Å². The van der Waals surface area contributed by atoms with Crippen LogP contribution in [0.3, 0.4) is 0 Å². The summed E-state index contributed by atoms with van der Waals surface area (Å²) in [6.45, 7) is 2.05. The van der Waals surface area contributed by atoms with E-state index in [-0.39, 0.29) is 11.9 Å². The van der Waals surface area contributed by atoms with Crippen molar-refractivity contribution in [3.8, 4) is 0 Å². The largest absolute Gasteiger partial charge is 0.349 e. The van der Waals surface area contributed by atoms with Gasteiger partial charge in [-0.05, 0) is 59.7 Å². The van der Waals surface area contributed by atoms with E-state index in [2.05, 4.69) is 27.9 Å². The molecule has 0 fully saturated rings. The first kappa shape index (κ1) is 13.8. The van der Waals surface area contributed by atoms with Crippen LogP contribution in [-0.4, -0.2) is 17.8 Å². The standard InChI is InChI=1S/C12H15ClINO/c1-2-11(7-8-13)15-12(16)9-3-5-10(14)6-4-9/h3-6,11H,2,7-8H2,1H3,(H,15,16). The topological polar surface area (TPSA) is 29.1 Å². The molecule has 0 saturated carbocycles. The normalized spacial score (nSPS) is 12.2. The summed E-state index contributed by atoms with van der Waals surface area (Å²) in [6.07, 6.45) is 1.72. The summed E-state index contributed by atoms with van der Waals surface area (Å²) in [5.74, 6) is 0.555. The van der Waals surface area contributed by atoms with Gasteiger partial charge < -0.3 is 5.32 Å². The van der Waals surface area contributed by atoms with E-state index < -0.39 is 0 Å². The van der Waals surface area contributed by atoms with Gasteiger partial charge in [0.25, 0.3) is 5.91 Å². The van der Waals surface area contributed by atoms with Crippen LogP contribution in [0.4, 0.5) is 0 Å². The molecule has 1 N–H and O–H groups in total. The van der Waals surface area contributed by atoms with E-state index in [1.807, 2.05) is 31.2 Å². The lowest BCUT2D eigenvalue weighted by Crippen LogP contribution is -2.34. The second-order valence-electron chi connectivity index (χ2n) is 3.56. The molecular formula is C12H15ClINO. The molecule has 1 aromatic rings. The van der Waals surface area contributed by atoms with Gasteiger partial charge in [-0.3, -0.25) is 4.79 Å². The zero-order valence-corrected chi connectivity index (χ0v) is 12.1. The minimum atomic E-state index is -0.0200. The molecule has 88 valence electrons. The molecule has 0 heterocycles. The van der Waals surface area contributed by atoms with E-state index in [9.17, 15) is 4.79 Å². The molecule has 0 aliphatic carbocycles. The van der Waals surface area contributed by atoms with E-state index in [1.54, 1.807) is 0 Å². The van der Waals surface area contributed by atoms with Crippen LogP contribution in [0, 0.1) is 3.57 Å². The Labute approximate surface area is 115 Å². The smallest absolute Gasteiger partial charge is 0.251 e. The quantitative estimate of drug-likeness (QED) is 0.639. The molecule has 0 spiro atoms. The highest BCUT2D eigenvalue weighted by molar-refractivity contribution is 14.1. The molecule has 1 rings (SSSR count). The molecule has 2 nitrogen and oxygen atoms in total. The van der Waals surface area contributed by atoms with Gasteiger partial charge in [-0.15, -0.1) is 11.6 Å². The lowest BCUT2D eigenvalue weighted by molar-refractivity contribution is 0.0935. The lowest BCUT2D eigenvalue weighted by Gasteiger charge is -2.15. The zero-order chi connectivity index (χ0) is 12.0. The van der Waals surface area contributed by atoms with Crippen molar-refractivity contribution in [2.45, 2.75) is 25.8 Å². The highest BCUT2D eigenvalue weighted by Gasteiger charge is 2.11. The molecule has 16 heavy (non-hydrogen) atoms. The van der Waals surface area contributed by atoms with Gasteiger partial charge in [-0.2, -0.15) is 0 Å². The second kappa shape index (κ2) is 7.12. The van der Waals surface area contributed by atoms with Crippen LogP contribution in [-0.2, 0) is 0 Å². The van der Waals surface area contributed by atoms with Gasteiger partial charge in [-0.25, -0.2) is 0 Å². The van der Waals surface area contributed by atoms with Gasteiger partial charge in [0.1, 0.15) is 0 Å². The molecule has 0 aliphatic rings. The lowest BCUT2D eigenvalue weighted by atomic mass is 10.1. The molecule has 1 unspecified atom stereocenters. The third-order valence-electron chi connectivity index (χ3n) is 2.39. The molecule has 0 aliphatic heterocycles. The van der Waals surface area contributed by atoms with E-state index in [4.69, 9.17) is 11.6 Å². The second-order valence-corrected chi connectivity index (χ2v) is 5.19. The monoisotopic (exact) mass is 351 g/mol. The summed E-state index contributed by atoms with van der Waals surface area (Å²) in [5.41, 5.74) is 0.702. The fourth-order valence-corrected chi connectivity index (χ4v) is 2.00. The number of carbonyl (C=O) groups excluding carboxylic acids is 1. The molecule has 1 amide bonds. The maximum atomic E-state index is 11.8.